The van der Waals surface area contributed by atoms with E-state index in [2.05, 4.69) is 0 Å². The van der Waals surface area contributed by atoms with Crippen LogP contribution in [0.15, 0.2) is 48.6 Å². The molecule has 0 amide bonds. The van der Waals surface area contributed by atoms with Gasteiger partial charge in [-0.05, 0) is 11.3 Å². The fourth-order valence-electron chi connectivity index (χ4n) is 2.15. The normalized spacial score (nSPS) is 19.4. The minimum Gasteiger partial charge on any atom is -0.542 e. The van der Waals surface area contributed by atoms with Gasteiger partial charge in [0.15, 0.2) is 5.76 Å². The summed E-state index contributed by atoms with van der Waals surface area (Å²) in [5.41, 5.74) is 0.980. The minimum atomic E-state index is -1.28. The molecule has 1 unspecified atom stereocenters. The second-order valence-corrected chi connectivity index (χ2v) is 3.90. The summed E-state index contributed by atoms with van der Waals surface area (Å²) in [4.78, 5) is 11.1. The fraction of sp³-hybridized carbons (Fsp3) is 0.0714. The molecule has 0 radical (unpaired) electrons. The van der Waals surface area contributed by atoms with E-state index in [1.165, 1.54) is 0 Å². The predicted molar refractivity (Wildman–Crippen MR) is 60.7 cm³/mol. The van der Waals surface area contributed by atoms with Crippen LogP contribution in [0.4, 0.5) is 0 Å². The molecule has 2 aliphatic rings. The maximum absolute atomic E-state index is 11.1. The number of rotatable bonds is 1. The van der Waals surface area contributed by atoms with Crippen LogP contribution in [0.25, 0.3) is 11.3 Å². The molecule has 1 aromatic carbocycles. The number of carboxylic acids is 1. The van der Waals surface area contributed by atoms with Gasteiger partial charge in [0, 0.05) is 10.8 Å². The van der Waals surface area contributed by atoms with Gasteiger partial charge in [-0.1, -0.05) is 42.5 Å². The van der Waals surface area contributed by atoms with E-state index in [-0.39, 0.29) is 41.4 Å². The third-order valence-electron chi connectivity index (χ3n) is 2.89. The van der Waals surface area contributed by atoms with Crippen molar-refractivity contribution in [3.63, 3.8) is 0 Å². The van der Waals surface area contributed by atoms with Crippen molar-refractivity contribution in [2.45, 2.75) is 6.10 Å². The topological polar surface area (TPSA) is 49.4 Å². The SMILES string of the molecule is O=C([O-])C1=c2ccccc2=C2C=CC=CC2O1.[Na+]. The third kappa shape index (κ3) is 2.05. The summed E-state index contributed by atoms with van der Waals surface area (Å²) in [6.45, 7) is 0. The molecule has 0 saturated carbocycles. The first-order chi connectivity index (χ1) is 8.27. The first kappa shape index (κ1) is 13.1. The summed E-state index contributed by atoms with van der Waals surface area (Å²) in [6, 6.07) is 7.30. The van der Waals surface area contributed by atoms with Crippen molar-refractivity contribution in [1.29, 1.82) is 0 Å². The van der Waals surface area contributed by atoms with Crippen molar-refractivity contribution < 1.29 is 44.2 Å². The summed E-state index contributed by atoms with van der Waals surface area (Å²) in [5.74, 6) is -1.37. The summed E-state index contributed by atoms with van der Waals surface area (Å²) in [7, 11) is 0. The fourth-order valence-corrected chi connectivity index (χ4v) is 2.15. The molecule has 1 atom stereocenters. The van der Waals surface area contributed by atoms with Crippen LogP contribution >= 0.6 is 0 Å². The van der Waals surface area contributed by atoms with Crippen LogP contribution in [0.2, 0.25) is 0 Å². The predicted octanol–water partition coefficient (Wildman–Crippen LogP) is -3.78. The van der Waals surface area contributed by atoms with Crippen LogP contribution < -0.4 is 45.1 Å². The largest absolute Gasteiger partial charge is 1.00 e. The molecular weight excluding hydrogens is 239 g/mol. The summed E-state index contributed by atoms with van der Waals surface area (Å²) >= 11 is 0. The zero-order valence-electron chi connectivity index (χ0n) is 9.92. The second-order valence-electron chi connectivity index (χ2n) is 3.90. The molecule has 4 heteroatoms. The summed E-state index contributed by atoms with van der Waals surface area (Å²) in [6.07, 6.45) is 7.19. The van der Waals surface area contributed by atoms with Gasteiger partial charge >= 0.3 is 29.6 Å². The van der Waals surface area contributed by atoms with Gasteiger partial charge in [0.25, 0.3) is 0 Å². The van der Waals surface area contributed by atoms with E-state index in [0.29, 0.717) is 5.22 Å². The van der Waals surface area contributed by atoms with Gasteiger partial charge in [-0.2, -0.15) is 0 Å². The van der Waals surface area contributed by atoms with Gasteiger partial charge in [-0.3, -0.25) is 0 Å². The minimum absolute atomic E-state index is 0. The van der Waals surface area contributed by atoms with Crippen LogP contribution in [0, 0.1) is 0 Å². The van der Waals surface area contributed by atoms with Gasteiger partial charge in [0.1, 0.15) is 12.1 Å². The Hall–Kier alpha value is -1.29. The van der Waals surface area contributed by atoms with Gasteiger partial charge in [-0.25, -0.2) is 0 Å². The Kier molecular flexibility index (Phi) is 3.76. The van der Waals surface area contributed by atoms with Crippen molar-refractivity contribution in [2.24, 2.45) is 0 Å². The summed E-state index contributed by atoms with van der Waals surface area (Å²) in [5, 5.41) is 12.5. The number of hydrogen-bond donors (Lipinski definition) is 0. The number of hydrogen-bond acceptors (Lipinski definition) is 3. The number of benzene rings is 1. The van der Waals surface area contributed by atoms with E-state index in [9.17, 15) is 9.90 Å². The molecule has 0 bridgehead atoms. The zero-order valence-corrected chi connectivity index (χ0v) is 11.9. The summed E-state index contributed by atoms with van der Waals surface area (Å²) < 4.78 is 5.46. The number of carboxylic acid groups (broad SMARTS) is 1. The Labute approximate surface area is 126 Å². The Morgan fingerprint density at radius 3 is 2.61 bits per heavy atom. The van der Waals surface area contributed by atoms with Gasteiger partial charge in [0.2, 0.25) is 0 Å². The maximum atomic E-state index is 11.1. The smallest absolute Gasteiger partial charge is 0.542 e. The molecule has 1 aliphatic heterocycles. The van der Waals surface area contributed by atoms with Crippen molar-refractivity contribution in [3.8, 4) is 0 Å². The van der Waals surface area contributed by atoms with Crippen LogP contribution in [0.5, 0.6) is 0 Å². The van der Waals surface area contributed by atoms with Crippen molar-refractivity contribution >= 4 is 17.3 Å². The van der Waals surface area contributed by atoms with Crippen LogP contribution in [0.1, 0.15) is 0 Å². The Bertz CT molecular complexity index is 671. The average molecular weight is 248 g/mol. The van der Waals surface area contributed by atoms with E-state index in [1.54, 1.807) is 12.1 Å². The zero-order chi connectivity index (χ0) is 11.8. The molecule has 1 aliphatic carbocycles. The standard InChI is InChI=1S/C14H10O3.Na/c15-14(16)13-11-7-2-1-5-9(11)10-6-3-4-8-12(10)17-13;/h1-8,12H,(H,15,16);/q;+1/p-1. The van der Waals surface area contributed by atoms with Crippen LogP contribution in [0.3, 0.4) is 0 Å². The second kappa shape index (κ2) is 5.14. The molecule has 0 saturated heterocycles. The number of carbonyl (C=O) groups is 1. The van der Waals surface area contributed by atoms with Crippen molar-refractivity contribution in [2.75, 3.05) is 0 Å². The Balaban J connectivity index is 0.00000120. The van der Waals surface area contributed by atoms with Crippen molar-refractivity contribution in [1.82, 2.24) is 0 Å². The molecule has 18 heavy (non-hydrogen) atoms. The first-order valence-corrected chi connectivity index (χ1v) is 5.34. The Morgan fingerprint density at radius 2 is 1.89 bits per heavy atom. The van der Waals surface area contributed by atoms with Gasteiger partial charge in [0.05, 0.1) is 0 Å². The quantitative estimate of drug-likeness (QED) is 0.479. The van der Waals surface area contributed by atoms with Crippen LogP contribution in [-0.4, -0.2) is 12.1 Å². The molecule has 0 N–H and O–H groups in total. The molecule has 1 aromatic rings. The number of allylic oxidation sites excluding steroid dienone is 2. The maximum Gasteiger partial charge on any atom is 1.00 e. The molecule has 84 valence electrons. The molecule has 3 nitrogen and oxygen atoms in total. The third-order valence-corrected chi connectivity index (χ3v) is 2.89. The molecule has 1 heterocycles. The van der Waals surface area contributed by atoms with E-state index >= 15 is 0 Å². The molecule has 0 aromatic heterocycles. The molecule has 0 spiro atoms. The number of fused-ring (bicyclic) bond motifs is 2. The van der Waals surface area contributed by atoms with E-state index in [0.717, 1.165) is 10.8 Å². The number of ether oxygens (including phenoxy) is 1. The van der Waals surface area contributed by atoms with Gasteiger partial charge < -0.3 is 14.6 Å². The molecule has 3 rings (SSSR count). The van der Waals surface area contributed by atoms with E-state index in [4.69, 9.17) is 4.74 Å². The van der Waals surface area contributed by atoms with Crippen molar-refractivity contribution in [3.05, 3.63) is 59.0 Å². The molecular formula is C14H9NaO3. The van der Waals surface area contributed by atoms with Crippen LogP contribution in [-0.2, 0) is 9.53 Å². The Morgan fingerprint density at radius 1 is 1.17 bits per heavy atom. The first-order valence-electron chi connectivity index (χ1n) is 5.34. The van der Waals surface area contributed by atoms with Gasteiger partial charge in [-0.15, -0.1) is 0 Å². The van der Waals surface area contributed by atoms with E-state index < -0.39 is 5.97 Å². The molecule has 0 fully saturated rings. The monoisotopic (exact) mass is 248 g/mol. The average Bonchev–Trinajstić information content (AvgIpc) is 2.37. The van der Waals surface area contributed by atoms with E-state index in [1.807, 2.05) is 36.4 Å². The number of carbonyl (C=O) groups excluding carboxylic acids is 1. The number of aliphatic carboxylic acids is 1.